The van der Waals surface area contributed by atoms with Crippen LogP contribution in [0.2, 0.25) is 0 Å². The molecule has 1 N–H and O–H groups in total. The summed E-state index contributed by atoms with van der Waals surface area (Å²) >= 11 is 0. The molecule has 0 radical (unpaired) electrons. The Labute approximate surface area is 162 Å². The Balaban J connectivity index is 1.36. The fourth-order valence-electron chi connectivity index (χ4n) is 3.91. The zero-order chi connectivity index (χ0) is 19.1. The van der Waals surface area contributed by atoms with E-state index in [1.54, 1.807) is 0 Å². The van der Waals surface area contributed by atoms with Crippen molar-refractivity contribution in [3.05, 3.63) is 71.7 Å². The van der Waals surface area contributed by atoms with Gasteiger partial charge < -0.3 is 14.4 Å². The van der Waals surface area contributed by atoms with E-state index in [1.807, 2.05) is 41.4 Å². The Bertz CT molecular complexity index is 1160. The summed E-state index contributed by atoms with van der Waals surface area (Å²) in [6, 6.07) is 16.2. The first-order chi connectivity index (χ1) is 13.7. The molecule has 2 aromatic heterocycles. The lowest BCUT2D eigenvalue weighted by Crippen LogP contribution is -2.24. The highest BCUT2D eigenvalue weighted by atomic mass is 16.5. The molecule has 3 heterocycles. The number of likely N-dealkylation sites (tertiary alicyclic amines) is 1. The van der Waals surface area contributed by atoms with Crippen molar-refractivity contribution in [1.82, 2.24) is 20.0 Å². The van der Waals surface area contributed by atoms with Crippen LogP contribution in [0.15, 0.2) is 59.3 Å². The van der Waals surface area contributed by atoms with Gasteiger partial charge in [-0.1, -0.05) is 41.1 Å². The number of carbonyl (C=O) groups is 1. The summed E-state index contributed by atoms with van der Waals surface area (Å²) < 4.78 is 5.54. The monoisotopic (exact) mass is 372 g/mol. The summed E-state index contributed by atoms with van der Waals surface area (Å²) in [5.74, 6) is 1.18. The van der Waals surface area contributed by atoms with Gasteiger partial charge in [-0.3, -0.25) is 4.79 Å². The maximum absolute atomic E-state index is 12.5. The first-order valence-electron chi connectivity index (χ1n) is 9.41. The van der Waals surface area contributed by atoms with E-state index in [9.17, 15) is 4.79 Å². The highest BCUT2D eigenvalue weighted by molar-refractivity contribution is 5.92. The van der Waals surface area contributed by atoms with E-state index in [0.717, 1.165) is 22.0 Å². The molecule has 0 saturated carbocycles. The third-order valence-corrected chi connectivity index (χ3v) is 5.30. The van der Waals surface area contributed by atoms with Gasteiger partial charge in [0.05, 0.1) is 0 Å². The Morgan fingerprint density at radius 1 is 1.21 bits per heavy atom. The smallest absolute Gasteiger partial charge is 0.258 e. The molecule has 28 heavy (non-hydrogen) atoms. The first kappa shape index (κ1) is 16.7. The third-order valence-electron chi connectivity index (χ3n) is 5.30. The van der Waals surface area contributed by atoms with Crippen LogP contribution in [0.4, 0.5) is 0 Å². The van der Waals surface area contributed by atoms with E-state index in [0.29, 0.717) is 31.2 Å². The summed E-state index contributed by atoms with van der Waals surface area (Å²) in [5.41, 5.74) is 4.26. The molecule has 0 aliphatic carbocycles. The lowest BCUT2D eigenvalue weighted by molar-refractivity contribution is -0.128. The zero-order valence-electron chi connectivity index (χ0n) is 15.6. The Morgan fingerprint density at radius 2 is 2.11 bits per heavy atom. The molecule has 140 valence electrons. The van der Waals surface area contributed by atoms with Crippen LogP contribution in [0.25, 0.3) is 22.4 Å². The van der Waals surface area contributed by atoms with Crippen molar-refractivity contribution >= 4 is 16.8 Å². The van der Waals surface area contributed by atoms with Gasteiger partial charge in [0.2, 0.25) is 5.91 Å². The maximum atomic E-state index is 12.5. The van der Waals surface area contributed by atoms with Gasteiger partial charge in [0.15, 0.2) is 5.82 Å². The Kier molecular flexibility index (Phi) is 3.97. The minimum absolute atomic E-state index is 0.0414. The minimum Gasteiger partial charge on any atom is -0.361 e. The number of aromatic nitrogens is 3. The lowest BCUT2D eigenvalue weighted by Gasteiger charge is -2.16. The summed E-state index contributed by atoms with van der Waals surface area (Å²) in [4.78, 5) is 22.2. The summed E-state index contributed by atoms with van der Waals surface area (Å²) in [7, 11) is 0. The second kappa shape index (κ2) is 6.64. The molecule has 6 heteroatoms. The molecule has 6 nitrogen and oxygen atoms in total. The van der Waals surface area contributed by atoms with Crippen LogP contribution in [0.1, 0.15) is 29.3 Å². The summed E-state index contributed by atoms with van der Waals surface area (Å²) in [5, 5.41) is 5.22. The highest BCUT2D eigenvalue weighted by Gasteiger charge is 2.33. The number of rotatable bonds is 4. The second-order valence-corrected chi connectivity index (χ2v) is 7.37. The van der Waals surface area contributed by atoms with E-state index in [2.05, 4.69) is 40.2 Å². The molecular formula is C22H20N4O2. The number of carbonyl (C=O) groups excluding carboxylic acids is 1. The van der Waals surface area contributed by atoms with Gasteiger partial charge >= 0.3 is 0 Å². The number of hydrogen-bond acceptors (Lipinski definition) is 4. The van der Waals surface area contributed by atoms with Crippen molar-refractivity contribution < 1.29 is 9.32 Å². The van der Waals surface area contributed by atoms with Crippen molar-refractivity contribution in [2.24, 2.45) is 0 Å². The predicted molar refractivity (Wildman–Crippen MR) is 106 cm³/mol. The molecule has 1 unspecified atom stereocenters. The Morgan fingerprint density at radius 3 is 3.00 bits per heavy atom. The van der Waals surface area contributed by atoms with Crippen LogP contribution in [0.5, 0.6) is 0 Å². The number of H-pyrrole nitrogens is 1. The van der Waals surface area contributed by atoms with Crippen LogP contribution in [-0.4, -0.2) is 32.5 Å². The van der Waals surface area contributed by atoms with E-state index in [4.69, 9.17) is 4.52 Å². The van der Waals surface area contributed by atoms with Crippen molar-refractivity contribution in [3.8, 4) is 11.5 Å². The highest BCUT2D eigenvalue weighted by Crippen LogP contribution is 2.31. The number of nitrogens with one attached hydrogen (secondary N) is 1. The van der Waals surface area contributed by atoms with Crippen LogP contribution < -0.4 is 0 Å². The lowest BCUT2D eigenvalue weighted by atomic mass is 10.1. The summed E-state index contributed by atoms with van der Waals surface area (Å²) in [6.45, 7) is 3.29. The van der Waals surface area contributed by atoms with Crippen molar-refractivity contribution in [3.63, 3.8) is 0 Å². The van der Waals surface area contributed by atoms with E-state index in [-0.39, 0.29) is 11.8 Å². The van der Waals surface area contributed by atoms with E-state index in [1.165, 1.54) is 5.56 Å². The molecule has 0 bridgehead atoms. The fraction of sp³-hybridized carbons (Fsp3) is 0.227. The maximum Gasteiger partial charge on any atom is 0.258 e. The first-order valence-corrected chi connectivity index (χ1v) is 9.41. The van der Waals surface area contributed by atoms with Gasteiger partial charge in [-0.15, -0.1) is 0 Å². The number of aryl methyl sites for hydroxylation is 1. The fourth-order valence-corrected chi connectivity index (χ4v) is 3.91. The van der Waals surface area contributed by atoms with Gasteiger partial charge in [0.25, 0.3) is 5.89 Å². The Hall–Kier alpha value is -3.41. The number of hydrogen-bond donors (Lipinski definition) is 1. The number of aromatic amines is 1. The van der Waals surface area contributed by atoms with Gasteiger partial charge in [0.1, 0.15) is 0 Å². The molecule has 5 rings (SSSR count). The molecule has 1 amide bonds. The number of amides is 1. The summed E-state index contributed by atoms with van der Waals surface area (Å²) in [6.07, 6.45) is 2.31. The predicted octanol–water partition coefficient (Wildman–Crippen LogP) is 4.04. The molecule has 4 aromatic rings. The molecule has 1 fully saturated rings. The minimum atomic E-state index is -0.0414. The van der Waals surface area contributed by atoms with Gasteiger partial charge in [-0.25, -0.2) is 0 Å². The average Bonchev–Trinajstić information content (AvgIpc) is 3.41. The van der Waals surface area contributed by atoms with Crippen molar-refractivity contribution in [2.75, 3.05) is 6.54 Å². The van der Waals surface area contributed by atoms with Crippen LogP contribution >= 0.6 is 0 Å². The van der Waals surface area contributed by atoms with Crippen LogP contribution in [0, 0.1) is 6.92 Å². The van der Waals surface area contributed by atoms with Gasteiger partial charge in [-0.05, 0) is 30.7 Å². The van der Waals surface area contributed by atoms with E-state index < -0.39 is 0 Å². The normalized spacial score (nSPS) is 17.0. The van der Waals surface area contributed by atoms with E-state index >= 15 is 0 Å². The molecule has 1 atom stereocenters. The topological polar surface area (TPSA) is 75.0 Å². The molecule has 1 aliphatic rings. The standard InChI is InChI=1S/C22H20N4O2/c1-14-4-2-5-15(10-14)12-26-13-16(11-20(26)27)21-24-22(28-25-21)18-6-3-7-19-17(18)8-9-23-19/h2-10,16,23H,11-13H2,1H3. The van der Waals surface area contributed by atoms with Crippen molar-refractivity contribution in [2.45, 2.75) is 25.8 Å². The molecular weight excluding hydrogens is 352 g/mol. The van der Waals surface area contributed by atoms with Gasteiger partial charge in [-0.2, -0.15) is 4.98 Å². The molecule has 1 saturated heterocycles. The third kappa shape index (κ3) is 2.97. The molecule has 2 aromatic carbocycles. The van der Waals surface area contributed by atoms with Gasteiger partial charge in [0, 0.05) is 48.1 Å². The number of nitrogens with zero attached hydrogens (tertiary/aromatic N) is 3. The molecule has 0 spiro atoms. The SMILES string of the molecule is Cc1cccc(CN2CC(c3noc(-c4cccc5[nH]ccc45)n3)CC2=O)c1. The molecule has 1 aliphatic heterocycles. The van der Waals surface area contributed by atoms with Crippen molar-refractivity contribution in [1.29, 1.82) is 0 Å². The zero-order valence-corrected chi connectivity index (χ0v) is 15.6. The van der Waals surface area contributed by atoms with Crippen LogP contribution in [0.3, 0.4) is 0 Å². The number of benzene rings is 2. The average molecular weight is 372 g/mol. The second-order valence-electron chi connectivity index (χ2n) is 7.37. The quantitative estimate of drug-likeness (QED) is 0.587. The number of fused-ring (bicyclic) bond motifs is 1. The van der Waals surface area contributed by atoms with Crippen LogP contribution in [-0.2, 0) is 11.3 Å². The largest absolute Gasteiger partial charge is 0.361 e.